The van der Waals surface area contributed by atoms with Crippen LogP contribution in [-0.4, -0.2) is 11.7 Å². The number of hydrogen-bond donors (Lipinski definition) is 2. The molecule has 2 nitrogen and oxygen atoms in total. The van der Waals surface area contributed by atoms with Crippen molar-refractivity contribution >= 4 is 0 Å². The summed E-state index contributed by atoms with van der Waals surface area (Å²) in [6.45, 7) is 6.45. The van der Waals surface area contributed by atoms with E-state index < -0.39 is 0 Å². The van der Waals surface area contributed by atoms with Gasteiger partial charge in [0.2, 0.25) is 0 Å². The minimum atomic E-state index is 0.0833. The van der Waals surface area contributed by atoms with Gasteiger partial charge >= 0.3 is 0 Å². The Morgan fingerprint density at radius 3 is 1.71 bits per heavy atom. The van der Waals surface area contributed by atoms with E-state index in [-0.39, 0.29) is 6.61 Å². The zero-order valence-electron chi connectivity index (χ0n) is 4.30. The fraction of sp³-hybridized carbons (Fsp3) is 0.200. The Balaban J connectivity index is 0. The van der Waals surface area contributed by atoms with Crippen LogP contribution in [-0.2, 0) is 0 Å². The summed E-state index contributed by atoms with van der Waals surface area (Å²) in [5.41, 5.74) is 4.61. The molecule has 7 heavy (non-hydrogen) atoms. The molecule has 0 aliphatic carbocycles. The van der Waals surface area contributed by atoms with Gasteiger partial charge in [0.15, 0.2) is 0 Å². The second-order valence-electron chi connectivity index (χ2n) is 0.707. The molecule has 2 heteroatoms. The molecule has 42 valence electrons. The van der Waals surface area contributed by atoms with Crippen molar-refractivity contribution in [3.63, 3.8) is 0 Å². The van der Waals surface area contributed by atoms with Crippen LogP contribution in [0.4, 0.5) is 0 Å². The van der Waals surface area contributed by atoms with Crippen LogP contribution in [0.1, 0.15) is 0 Å². The monoisotopic (exact) mass is 101 g/mol. The number of aliphatic hydroxyl groups is 1. The summed E-state index contributed by atoms with van der Waals surface area (Å²) in [7, 11) is 0. The molecule has 0 aromatic heterocycles. The molecule has 0 saturated carbocycles. The molecule has 0 aliphatic rings. The van der Waals surface area contributed by atoms with Crippen molar-refractivity contribution in [1.82, 2.24) is 0 Å². The topological polar surface area (TPSA) is 46.2 Å². The summed E-state index contributed by atoms with van der Waals surface area (Å²) in [5.74, 6) is 0. The molecule has 0 saturated heterocycles. The zero-order chi connectivity index (χ0) is 6.12. The number of rotatable bonds is 1. The highest BCUT2D eigenvalue weighted by Crippen LogP contribution is 1.46. The predicted molar refractivity (Wildman–Crippen MR) is 31.7 cm³/mol. The molecule has 3 N–H and O–H groups in total. The van der Waals surface area contributed by atoms with Crippen LogP contribution in [0.2, 0.25) is 0 Å². The van der Waals surface area contributed by atoms with E-state index in [9.17, 15) is 0 Å². The first-order valence-electron chi connectivity index (χ1n) is 1.87. The van der Waals surface area contributed by atoms with E-state index in [0.29, 0.717) is 0 Å². The summed E-state index contributed by atoms with van der Waals surface area (Å²) in [6.07, 6.45) is 2.68. The van der Waals surface area contributed by atoms with E-state index in [1.807, 2.05) is 0 Å². The lowest BCUT2D eigenvalue weighted by atomic mass is 10.7. The Morgan fingerprint density at radius 2 is 1.71 bits per heavy atom. The van der Waals surface area contributed by atoms with Crippen LogP contribution >= 0.6 is 0 Å². The third-order valence-electron chi connectivity index (χ3n) is 0.129. The van der Waals surface area contributed by atoms with Crippen LogP contribution < -0.4 is 5.73 Å². The fourth-order valence-electron chi connectivity index (χ4n) is 0. The normalized spacial score (nSPS) is 5.29. The lowest BCUT2D eigenvalue weighted by Crippen LogP contribution is -1.67. The average Bonchev–Trinajstić information content (AvgIpc) is 1.69. The molecule has 0 fully saturated rings. The van der Waals surface area contributed by atoms with Crippen LogP contribution in [0.25, 0.3) is 0 Å². The second kappa shape index (κ2) is 18.8. The molecule has 0 amide bonds. The molecule has 0 unspecified atom stereocenters. The van der Waals surface area contributed by atoms with Gasteiger partial charge in [0, 0.05) is 0 Å². The fourth-order valence-corrected chi connectivity index (χ4v) is 0. The van der Waals surface area contributed by atoms with E-state index in [0.717, 1.165) is 0 Å². The zero-order valence-corrected chi connectivity index (χ0v) is 4.30. The second-order valence-corrected chi connectivity index (χ2v) is 0.707. The molecular weight excluding hydrogens is 90.1 g/mol. The maximum Gasteiger partial charge on any atom is 0.0609 e. The minimum Gasteiger partial charge on any atom is -0.405 e. The Hall–Kier alpha value is -0.760. The van der Waals surface area contributed by atoms with Gasteiger partial charge in [-0.2, -0.15) is 0 Å². The van der Waals surface area contributed by atoms with Gasteiger partial charge in [-0.05, 0) is 6.20 Å². The van der Waals surface area contributed by atoms with Gasteiger partial charge < -0.3 is 10.8 Å². The first-order chi connectivity index (χ1) is 3.33. The van der Waals surface area contributed by atoms with Crippen LogP contribution in [0.3, 0.4) is 0 Å². The van der Waals surface area contributed by atoms with Gasteiger partial charge in [-0.3, -0.25) is 0 Å². The molecule has 0 radical (unpaired) electrons. The molecule has 0 spiro atoms. The minimum absolute atomic E-state index is 0.0833. The quantitative estimate of drug-likeness (QED) is 0.465. The Kier molecular flexibility index (Phi) is 25.6. The van der Waals surface area contributed by atoms with Crippen molar-refractivity contribution in [2.75, 3.05) is 6.61 Å². The van der Waals surface area contributed by atoms with E-state index >= 15 is 0 Å². The van der Waals surface area contributed by atoms with Gasteiger partial charge in [-0.1, -0.05) is 12.7 Å². The number of aliphatic hydroxyl groups excluding tert-OH is 1. The van der Waals surface area contributed by atoms with Gasteiger partial charge in [-0.25, -0.2) is 0 Å². The van der Waals surface area contributed by atoms with E-state index in [1.54, 1.807) is 0 Å². The maximum absolute atomic E-state index is 7.76. The molecule has 0 aromatic rings. The van der Waals surface area contributed by atoms with Crippen molar-refractivity contribution in [2.45, 2.75) is 0 Å². The Morgan fingerprint density at radius 1 is 1.57 bits per heavy atom. The van der Waals surface area contributed by atoms with Crippen LogP contribution in [0.15, 0.2) is 25.4 Å². The number of nitrogens with two attached hydrogens (primary N) is 1. The summed E-state index contributed by atoms with van der Waals surface area (Å²) in [4.78, 5) is 0. The van der Waals surface area contributed by atoms with Gasteiger partial charge in [0.25, 0.3) is 0 Å². The van der Waals surface area contributed by atoms with Crippen molar-refractivity contribution in [3.05, 3.63) is 25.4 Å². The molecular formula is C5H11NO. The average molecular weight is 101 g/mol. The highest BCUT2D eigenvalue weighted by Gasteiger charge is 1.45. The first kappa shape index (κ1) is 9.53. The summed E-state index contributed by atoms with van der Waals surface area (Å²) < 4.78 is 0. The largest absolute Gasteiger partial charge is 0.405 e. The summed E-state index contributed by atoms with van der Waals surface area (Å²) in [6, 6.07) is 0. The third-order valence-corrected chi connectivity index (χ3v) is 0.129. The molecule has 0 atom stereocenters. The Labute approximate surface area is 44.0 Å². The summed E-state index contributed by atoms with van der Waals surface area (Å²) in [5, 5.41) is 7.76. The van der Waals surface area contributed by atoms with E-state index in [2.05, 4.69) is 18.9 Å². The molecule has 0 bridgehead atoms. The van der Waals surface area contributed by atoms with Gasteiger partial charge in [-0.15, -0.1) is 6.58 Å². The predicted octanol–water partition coefficient (Wildman–Crippen LogP) is 0.253. The van der Waals surface area contributed by atoms with Crippen LogP contribution in [0, 0.1) is 0 Å². The van der Waals surface area contributed by atoms with Crippen molar-refractivity contribution in [2.24, 2.45) is 5.73 Å². The van der Waals surface area contributed by atoms with Crippen LogP contribution in [0.5, 0.6) is 0 Å². The van der Waals surface area contributed by atoms with Crippen molar-refractivity contribution in [3.8, 4) is 0 Å². The molecule has 0 heterocycles. The van der Waals surface area contributed by atoms with Crippen molar-refractivity contribution < 1.29 is 5.11 Å². The van der Waals surface area contributed by atoms with Crippen molar-refractivity contribution in [1.29, 1.82) is 0 Å². The van der Waals surface area contributed by atoms with Gasteiger partial charge in [0.1, 0.15) is 0 Å². The lowest BCUT2D eigenvalue weighted by Gasteiger charge is -1.60. The maximum atomic E-state index is 7.76. The first-order valence-corrected chi connectivity index (χ1v) is 1.87. The standard InChI is InChI=1S/C3H6O.C2H5N/c1-2-3-4;1-2-3/h2,4H,1,3H2;2H,1,3H2. The molecule has 0 rings (SSSR count). The lowest BCUT2D eigenvalue weighted by molar-refractivity contribution is 0.343. The highest BCUT2D eigenvalue weighted by molar-refractivity contribution is 4.60. The molecule has 0 aromatic carbocycles. The van der Waals surface area contributed by atoms with Gasteiger partial charge in [0.05, 0.1) is 6.61 Å². The highest BCUT2D eigenvalue weighted by atomic mass is 16.2. The molecule has 0 aliphatic heterocycles. The van der Waals surface area contributed by atoms with E-state index in [4.69, 9.17) is 5.11 Å². The number of hydrogen-bond acceptors (Lipinski definition) is 2. The Bertz CT molecular complexity index is 43.3. The van der Waals surface area contributed by atoms with E-state index in [1.165, 1.54) is 12.3 Å². The third kappa shape index (κ3) is 955. The smallest absolute Gasteiger partial charge is 0.0609 e. The SMILES string of the molecule is C=CCO.C=CN. The summed E-state index contributed by atoms with van der Waals surface area (Å²) >= 11 is 0.